The Kier molecular flexibility index (Phi) is 23.1. The number of hydrogen-bond acceptors (Lipinski definition) is 22. The smallest absolute Gasteiger partial charge is 0.303 e. The number of fused-ring (bicyclic) bond motifs is 1. The maximum absolute atomic E-state index is 13.2. The largest absolute Gasteiger partial charge is 0.497 e. The molecule has 1 N–H and O–H groups in total. The molecule has 0 radical (unpaired) electrons. The molecule has 25 heteroatoms. The number of methoxy groups -OCH3 is 2. The van der Waals surface area contributed by atoms with Gasteiger partial charge in [0.1, 0.15) is 54.2 Å². The first kappa shape index (κ1) is 65.3. The number of aromatic nitrogens is 4. The summed E-state index contributed by atoms with van der Waals surface area (Å²) in [7, 11) is 1.30. The first-order valence-electron chi connectivity index (χ1n) is 28.5. The van der Waals surface area contributed by atoms with Gasteiger partial charge in [-0.1, -0.05) is 72.8 Å². The molecule has 4 heterocycles. The molecule has 0 aliphatic carbocycles. The Labute approximate surface area is 506 Å². The molecule has 0 saturated carbocycles. The van der Waals surface area contributed by atoms with Gasteiger partial charge in [-0.3, -0.25) is 28.5 Å². The molecule has 2 saturated heterocycles. The van der Waals surface area contributed by atoms with Gasteiger partial charge in [0, 0.05) is 46.2 Å². The van der Waals surface area contributed by atoms with Crippen molar-refractivity contribution < 1.29 is 85.1 Å². The SMILES string of the molecule is COc1ccc(C(OC[C@H]2O[C@@H](n3cnc4c(NC(=O)COc5ccccc5)ncnc43)C[C@@H]2OP(OCCCO[C@@H]2O[C@H](COC(C)=O)[C@@H](OC(C)=O)[C@H](OC(C)=O)[C@H]2OC(C)=O)N(C(C)C)C(C)C)(c2ccccc2)c2ccc(OC)cc2)cc1. The Morgan fingerprint density at radius 3 is 1.84 bits per heavy atom. The summed E-state index contributed by atoms with van der Waals surface area (Å²) in [5.41, 5.74) is 1.89. The van der Waals surface area contributed by atoms with E-state index in [0.717, 1.165) is 37.5 Å². The van der Waals surface area contributed by atoms with Gasteiger partial charge in [-0.2, -0.15) is 0 Å². The minimum atomic E-state index is -1.92. The first-order valence-corrected chi connectivity index (χ1v) is 29.6. The van der Waals surface area contributed by atoms with Gasteiger partial charge in [0.05, 0.1) is 46.5 Å². The monoisotopic (exact) mass is 1220 g/mol. The second-order valence-electron chi connectivity index (χ2n) is 21.0. The van der Waals surface area contributed by atoms with Crippen molar-refractivity contribution in [3.8, 4) is 17.2 Å². The van der Waals surface area contributed by atoms with E-state index in [4.69, 9.17) is 61.2 Å². The van der Waals surface area contributed by atoms with Crippen LogP contribution in [0.1, 0.15) is 91.1 Å². The third kappa shape index (κ3) is 16.7. The maximum atomic E-state index is 13.2. The number of benzene rings is 4. The van der Waals surface area contributed by atoms with E-state index in [1.165, 1.54) is 13.3 Å². The van der Waals surface area contributed by atoms with Crippen molar-refractivity contribution in [1.29, 1.82) is 0 Å². The van der Waals surface area contributed by atoms with E-state index in [1.54, 1.807) is 37.2 Å². The van der Waals surface area contributed by atoms with Gasteiger partial charge in [-0.15, -0.1) is 0 Å². The van der Waals surface area contributed by atoms with Crippen molar-refractivity contribution in [2.24, 2.45) is 0 Å². The third-order valence-electron chi connectivity index (χ3n) is 14.1. The number of esters is 4. The molecule has 2 fully saturated rings. The van der Waals surface area contributed by atoms with Gasteiger partial charge < -0.3 is 66.5 Å². The van der Waals surface area contributed by atoms with Crippen molar-refractivity contribution in [3.63, 3.8) is 0 Å². The highest BCUT2D eigenvalue weighted by Gasteiger charge is 2.53. The highest BCUT2D eigenvalue weighted by atomic mass is 31.2. The zero-order valence-electron chi connectivity index (χ0n) is 50.3. The predicted octanol–water partition coefficient (Wildman–Crippen LogP) is 8.39. The van der Waals surface area contributed by atoms with Crippen LogP contribution in [0.25, 0.3) is 11.2 Å². The number of ether oxygens (including phenoxy) is 11. The second kappa shape index (κ2) is 30.8. The summed E-state index contributed by atoms with van der Waals surface area (Å²) < 4.78 is 83.9. The lowest BCUT2D eigenvalue weighted by atomic mass is 9.80. The van der Waals surface area contributed by atoms with Crippen LogP contribution in [0, 0.1) is 0 Å². The number of para-hydroxylation sites is 1. The van der Waals surface area contributed by atoms with Crippen LogP contribution >= 0.6 is 8.53 Å². The average molecular weight is 1220 g/mol. The van der Waals surface area contributed by atoms with Crippen LogP contribution in [0.5, 0.6) is 17.2 Å². The number of rotatable bonds is 29. The quantitative estimate of drug-likeness (QED) is 0.0152. The van der Waals surface area contributed by atoms with Crippen molar-refractivity contribution >= 4 is 55.3 Å². The molecular formula is C62H75N6O18P. The van der Waals surface area contributed by atoms with Gasteiger partial charge in [-0.25, -0.2) is 19.6 Å². The second-order valence-corrected chi connectivity index (χ2v) is 22.4. The molecule has 0 spiro atoms. The molecule has 6 aromatic rings. The molecular weight excluding hydrogens is 1150 g/mol. The van der Waals surface area contributed by atoms with Gasteiger partial charge in [-0.05, 0) is 87.2 Å². The predicted molar refractivity (Wildman–Crippen MR) is 315 cm³/mol. The van der Waals surface area contributed by atoms with E-state index in [9.17, 15) is 24.0 Å². The molecule has 2 aliphatic heterocycles. The third-order valence-corrected chi connectivity index (χ3v) is 16.2. The standard InChI is InChI=1S/C62H75N6O18P/c1-38(2)68(39(3)4)87(80-31-17-30-76-61-58(83-43(8)72)57(82-42(7)71)56(81-41(6)70)52(85-61)33-77-40(5)69)86-50-32-54(67-37-65-55-59(63-36-64-60(55)67)66-53(73)35-78-49-20-15-12-16-21-49)84-51(50)34-79-62(44-18-13-11-14-19-44,45-22-26-47(74-9)27-23-45)46-24-28-48(75-10)29-25-46/h11-16,18-29,36-39,50-52,54,56-58,61H,17,30-35H2,1-10H3,(H,63,64,66,73)/t50-,51+,52+,54+,56+,57-,58+,61+,87?/m0/s1. The number of hydrogen-bond donors (Lipinski definition) is 1. The number of amides is 1. The van der Waals surface area contributed by atoms with Gasteiger partial charge in [0.15, 0.2) is 48.2 Å². The van der Waals surface area contributed by atoms with E-state index < -0.39 is 99.7 Å². The van der Waals surface area contributed by atoms with Crippen LogP contribution in [-0.4, -0.2) is 156 Å². The lowest BCUT2D eigenvalue weighted by Crippen LogP contribution is -2.63. The Balaban J connectivity index is 1.10. The van der Waals surface area contributed by atoms with Crippen LogP contribution in [-0.2, 0) is 76.5 Å². The van der Waals surface area contributed by atoms with Crippen LogP contribution in [0.15, 0.2) is 122 Å². The summed E-state index contributed by atoms with van der Waals surface area (Å²) in [6, 6.07) is 34.1. The molecule has 2 aromatic heterocycles. The number of imidazole rings is 1. The summed E-state index contributed by atoms with van der Waals surface area (Å²) in [6.07, 6.45) is -5.58. The highest BCUT2D eigenvalue weighted by Crippen LogP contribution is 2.51. The summed E-state index contributed by atoms with van der Waals surface area (Å²) in [5.74, 6) is -1.36. The number of nitrogens with zero attached hydrogens (tertiary/aromatic N) is 5. The van der Waals surface area contributed by atoms with Crippen LogP contribution in [0.2, 0.25) is 0 Å². The molecule has 24 nitrogen and oxygen atoms in total. The van der Waals surface area contributed by atoms with Gasteiger partial charge in [0.2, 0.25) is 0 Å². The summed E-state index contributed by atoms with van der Waals surface area (Å²) in [4.78, 5) is 76.3. The van der Waals surface area contributed by atoms with Gasteiger partial charge in [0.25, 0.3) is 14.4 Å². The van der Waals surface area contributed by atoms with E-state index >= 15 is 0 Å². The minimum Gasteiger partial charge on any atom is -0.497 e. The van der Waals surface area contributed by atoms with E-state index in [0.29, 0.717) is 28.4 Å². The molecule has 9 atom stereocenters. The van der Waals surface area contributed by atoms with Crippen LogP contribution in [0.4, 0.5) is 5.82 Å². The molecule has 4 aromatic carbocycles. The summed E-state index contributed by atoms with van der Waals surface area (Å²) in [5, 5.41) is 2.82. The average Bonchev–Trinajstić information content (AvgIpc) is 1.66. The van der Waals surface area contributed by atoms with Crippen molar-refractivity contribution in [3.05, 3.63) is 139 Å². The van der Waals surface area contributed by atoms with Crippen molar-refractivity contribution in [2.45, 2.75) is 135 Å². The first-order chi connectivity index (χ1) is 41.9. The Morgan fingerprint density at radius 1 is 0.667 bits per heavy atom. The maximum Gasteiger partial charge on any atom is 0.303 e. The van der Waals surface area contributed by atoms with Crippen molar-refractivity contribution in [1.82, 2.24) is 24.2 Å². The summed E-state index contributed by atoms with van der Waals surface area (Å²) >= 11 is 0. The molecule has 2 aliphatic rings. The molecule has 0 bridgehead atoms. The molecule has 8 rings (SSSR count). The van der Waals surface area contributed by atoms with Crippen LogP contribution in [0.3, 0.4) is 0 Å². The zero-order valence-corrected chi connectivity index (χ0v) is 51.2. The topological polar surface area (TPSA) is 264 Å². The molecule has 87 heavy (non-hydrogen) atoms. The van der Waals surface area contributed by atoms with E-state index in [2.05, 4.69) is 24.9 Å². The Morgan fingerprint density at radius 2 is 1.25 bits per heavy atom. The Hall–Kier alpha value is -7.67. The molecule has 1 amide bonds. The lowest BCUT2D eigenvalue weighted by molar-refractivity contribution is -0.308. The molecule has 1 unspecified atom stereocenters. The Bertz CT molecular complexity index is 3160. The fraction of sp³-hybridized carbons (Fsp3) is 0.452. The fourth-order valence-corrected chi connectivity index (χ4v) is 12.2. The molecule has 466 valence electrons. The van der Waals surface area contributed by atoms with Crippen LogP contribution < -0.4 is 19.5 Å². The highest BCUT2D eigenvalue weighted by molar-refractivity contribution is 7.44. The van der Waals surface area contributed by atoms with E-state index in [1.807, 2.05) is 125 Å². The number of carbonyl (C=O) groups is 5. The number of anilines is 1. The normalized spacial score (nSPS) is 20.7. The van der Waals surface area contributed by atoms with E-state index in [-0.39, 0.29) is 57.2 Å². The summed E-state index contributed by atoms with van der Waals surface area (Å²) in [6.45, 7) is 12.1. The lowest BCUT2D eigenvalue weighted by Gasteiger charge is -2.44. The van der Waals surface area contributed by atoms with Gasteiger partial charge >= 0.3 is 23.9 Å². The van der Waals surface area contributed by atoms with Crippen molar-refractivity contribution in [2.75, 3.05) is 52.6 Å². The number of nitrogens with one attached hydrogen (secondary N) is 1. The minimum absolute atomic E-state index is 0.0329. The number of carbonyl (C=O) groups excluding carboxylic acids is 5. The zero-order chi connectivity index (χ0) is 62.2. The fourth-order valence-electron chi connectivity index (χ4n) is 10.4.